The topological polar surface area (TPSA) is 69.0 Å². The van der Waals surface area contributed by atoms with Crippen molar-refractivity contribution < 1.29 is 27.2 Å². The first-order valence-electron chi connectivity index (χ1n) is 8.98. The number of nitrogens with one attached hydrogen (secondary N) is 1. The van der Waals surface area contributed by atoms with Crippen LogP contribution < -0.4 is 5.48 Å². The van der Waals surface area contributed by atoms with Gasteiger partial charge in [-0.15, -0.1) is 12.6 Å². The highest BCUT2D eigenvalue weighted by atomic mass is 35.5. The average Bonchev–Trinajstić information content (AvgIpc) is 3.31. The highest BCUT2D eigenvalue weighted by molar-refractivity contribution is 7.97. The highest BCUT2D eigenvalue weighted by Crippen LogP contribution is 2.48. The molecule has 0 saturated heterocycles. The first-order chi connectivity index (χ1) is 15.1. The lowest BCUT2D eigenvalue weighted by Crippen LogP contribution is -2.31. The maximum Gasteiger partial charge on any atom is 0.433 e. The lowest BCUT2D eigenvalue weighted by molar-refractivity contribution is -0.146. The number of hydrogen-bond acceptors (Lipinski definition) is 5. The van der Waals surface area contributed by atoms with Gasteiger partial charge in [0.25, 0.3) is 0 Å². The Balaban J connectivity index is 1.99. The summed E-state index contributed by atoms with van der Waals surface area (Å²) in [6.45, 7) is 1.23. The van der Waals surface area contributed by atoms with Crippen LogP contribution in [0.2, 0.25) is 5.02 Å². The molecule has 3 heterocycles. The van der Waals surface area contributed by atoms with Gasteiger partial charge in [-0.25, -0.2) is 9.07 Å². The van der Waals surface area contributed by atoms with E-state index in [1.54, 1.807) is 0 Å². The molecule has 1 aliphatic rings. The molecule has 0 amide bonds. The highest BCUT2D eigenvalue weighted by Gasteiger charge is 2.51. The second kappa shape index (κ2) is 7.91. The Morgan fingerprint density at radius 3 is 2.59 bits per heavy atom. The van der Waals surface area contributed by atoms with Crippen molar-refractivity contribution in [3.63, 3.8) is 0 Å². The largest absolute Gasteiger partial charge is 0.433 e. The third-order valence-electron chi connectivity index (χ3n) is 4.95. The van der Waals surface area contributed by atoms with Gasteiger partial charge in [0.05, 0.1) is 39.9 Å². The van der Waals surface area contributed by atoms with Crippen LogP contribution in [0.25, 0.3) is 11.4 Å². The molecule has 0 aliphatic carbocycles. The van der Waals surface area contributed by atoms with E-state index in [1.807, 2.05) is 0 Å². The van der Waals surface area contributed by atoms with Crippen molar-refractivity contribution in [2.45, 2.75) is 18.7 Å². The van der Waals surface area contributed by atoms with Crippen LogP contribution in [0.3, 0.4) is 0 Å². The molecule has 1 N–H and O–H groups in total. The molecular weight excluding hydrogens is 472 g/mol. The molecule has 1 aliphatic heterocycles. The van der Waals surface area contributed by atoms with Gasteiger partial charge in [0.15, 0.2) is 11.3 Å². The minimum Gasteiger partial charge on any atom is -0.282 e. The van der Waals surface area contributed by atoms with Crippen LogP contribution in [0.15, 0.2) is 54.5 Å². The standard InChI is InChI=1S/C20H13ClF4N4O2S/c1-19(11-9-27-29(17(11)20(23,24)25)10-4-3-7-26-8-10)15(18(30)32)16(28-31-19)14-12(21)5-2-6-13(14)22/h2-9,28H,1H3,(H,30,32). The lowest BCUT2D eigenvalue weighted by atomic mass is 9.86. The van der Waals surface area contributed by atoms with Crippen molar-refractivity contribution >= 4 is 35.0 Å². The zero-order valence-corrected chi connectivity index (χ0v) is 17.8. The summed E-state index contributed by atoms with van der Waals surface area (Å²) in [4.78, 5) is 21.8. The van der Waals surface area contributed by atoms with Crippen molar-refractivity contribution in [2.75, 3.05) is 0 Å². The van der Waals surface area contributed by atoms with E-state index >= 15 is 0 Å². The van der Waals surface area contributed by atoms with E-state index in [1.165, 1.54) is 43.6 Å². The van der Waals surface area contributed by atoms with Crippen LogP contribution in [0.5, 0.6) is 0 Å². The number of hydrogen-bond donors (Lipinski definition) is 2. The Morgan fingerprint density at radius 2 is 2.00 bits per heavy atom. The molecule has 0 fully saturated rings. The van der Waals surface area contributed by atoms with Crippen LogP contribution in [0, 0.1) is 5.82 Å². The van der Waals surface area contributed by atoms with E-state index in [4.69, 9.17) is 16.4 Å². The molecule has 4 rings (SSSR count). The molecule has 6 nitrogen and oxygen atoms in total. The van der Waals surface area contributed by atoms with E-state index in [9.17, 15) is 22.4 Å². The number of pyridine rings is 1. The summed E-state index contributed by atoms with van der Waals surface area (Å²) in [6, 6.07) is 6.64. The van der Waals surface area contributed by atoms with E-state index in [0.29, 0.717) is 4.68 Å². The fourth-order valence-electron chi connectivity index (χ4n) is 3.55. The third kappa shape index (κ3) is 3.55. The summed E-state index contributed by atoms with van der Waals surface area (Å²) in [5, 5.41) is 2.85. The second-order valence-electron chi connectivity index (χ2n) is 6.92. The van der Waals surface area contributed by atoms with Crippen molar-refractivity contribution in [1.82, 2.24) is 20.2 Å². The Bertz CT molecular complexity index is 1230. The number of hydroxylamine groups is 1. The first-order valence-corrected chi connectivity index (χ1v) is 9.80. The maximum atomic E-state index is 14.5. The Hall–Kier alpha value is -2.89. The van der Waals surface area contributed by atoms with Gasteiger partial charge in [-0.2, -0.15) is 18.3 Å². The molecule has 1 unspecified atom stereocenters. The number of rotatable bonds is 4. The molecule has 0 bridgehead atoms. The lowest BCUT2D eigenvalue weighted by Gasteiger charge is -2.25. The number of thiol groups is 1. The minimum atomic E-state index is -4.89. The molecule has 32 heavy (non-hydrogen) atoms. The predicted molar refractivity (Wildman–Crippen MR) is 110 cm³/mol. The number of carbonyl (C=O) groups excluding carboxylic acids is 1. The number of aromatic nitrogens is 3. The smallest absolute Gasteiger partial charge is 0.282 e. The first kappa shape index (κ1) is 22.3. The Labute approximate surface area is 189 Å². The van der Waals surface area contributed by atoms with Crippen LogP contribution in [0.1, 0.15) is 23.7 Å². The van der Waals surface area contributed by atoms with Crippen LogP contribution in [-0.4, -0.2) is 19.9 Å². The minimum absolute atomic E-state index is 0.0423. The van der Waals surface area contributed by atoms with E-state index in [-0.39, 0.29) is 27.5 Å². The summed E-state index contributed by atoms with van der Waals surface area (Å²) < 4.78 is 57.7. The number of carbonyl (C=O) groups is 1. The van der Waals surface area contributed by atoms with Crippen molar-refractivity contribution in [2.24, 2.45) is 0 Å². The molecular formula is C20H13ClF4N4O2S. The van der Waals surface area contributed by atoms with Crippen LogP contribution >= 0.6 is 24.2 Å². The Kier molecular flexibility index (Phi) is 5.51. The molecule has 2 aromatic heterocycles. The Morgan fingerprint density at radius 1 is 1.25 bits per heavy atom. The molecule has 12 heteroatoms. The maximum absolute atomic E-state index is 14.5. The average molecular weight is 485 g/mol. The second-order valence-corrected chi connectivity index (χ2v) is 7.73. The quantitative estimate of drug-likeness (QED) is 0.415. The van der Waals surface area contributed by atoms with Gasteiger partial charge in [-0.1, -0.05) is 17.7 Å². The molecule has 1 aromatic carbocycles. The van der Waals surface area contributed by atoms with Gasteiger partial charge in [0.1, 0.15) is 5.82 Å². The molecule has 1 atom stereocenters. The summed E-state index contributed by atoms with van der Waals surface area (Å²) in [5.74, 6) is -0.804. The molecule has 0 spiro atoms. The van der Waals surface area contributed by atoms with Crippen molar-refractivity contribution in [1.29, 1.82) is 0 Å². The molecule has 3 aromatic rings. The molecule has 0 saturated carbocycles. The zero-order valence-electron chi connectivity index (χ0n) is 16.1. The fourth-order valence-corrected chi connectivity index (χ4v) is 4.13. The SMILES string of the molecule is CC1(c2cnn(-c3cccnc3)c2C(F)(F)F)ONC(c2c(F)cccc2Cl)=C1C(=O)S. The number of halogens is 5. The summed E-state index contributed by atoms with van der Waals surface area (Å²) in [5.41, 5.74) is -2.10. The number of alkyl halides is 3. The summed E-state index contributed by atoms with van der Waals surface area (Å²) in [6.07, 6.45) is -1.36. The van der Waals surface area contributed by atoms with Gasteiger partial charge in [-0.05, 0) is 31.2 Å². The van der Waals surface area contributed by atoms with Crippen molar-refractivity contribution in [3.05, 3.63) is 82.2 Å². The summed E-state index contributed by atoms with van der Waals surface area (Å²) in [7, 11) is 0. The van der Waals surface area contributed by atoms with Crippen LogP contribution in [0.4, 0.5) is 17.6 Å². The normalized spacial score (nSPS) is 18.7. The van der Waals surface area contributed by atoms with E-state index < -0.39 is 34.0 Å². The monoisotopic (exact) mass is 484 g/mol. The fraction of sp³-hybridized carbons (Fsp3) is 0.150. The number of nitrogens with zero attached hydrogens (tertiary/aromatic N) is 3. The zero-order chi connectivity index (χ0) is 23.3. The van der Waals surface area contributed by atoms with Gasteiger partial charge < -0.3 is 0 Å². The van der Waals surface area contributed by atoms with Crippen LogP contribution in [-0.2, 0) is 21.4 Å². The van der Waals surface area contributed by atoms with E-state index in [2.05, 4.69) is 28.2 Å². The van der Waals surface area contributed by atoms with Gasteiger partial charge >= 0.3 is 6.18 Å². The van der Waals surface area contributed by atoms with Gasteiger partial charge in [-0.3, -0.25) is 20.1 Å². The number of benzene rings is 1. The molecule has 166 valence electrons. The van der Waals surface area contributed by atoms with Gasteiger partial charge in [0.2, 0.25) is 5.12 Å². The van der Waals surface area contributed by atoms with E-state index in [0.717, 1.165) is 12.3 Å². The van der Waals surface area contributed by atoms with Gasteiger partial charge in [0, 0.05) is 11.8 Å². The summed E-state index contributed by atoms with van der Waals surface area (Å²) >= 11 is 9.91. The predicted octanol–water partition coefficient (Wildman–Crippen LogP) is 4.70. The third-order valence-corrected chi connectivity index (χ3v) is 5.49. The van der Waals surface area contributed by atoms with Crippen molar-refractivity contribution in [3.8, 4) is 5.69 Å². The molecule has 0 radical (unpaired) electrons.